The minimum Gasteiger partial charge on any atom is -0.497 e. The first kappa shape index (κ1) is 16.7. The van der Waals surface area contributed by atoms with E-state index < -0.39 is 0 Å². The van der Waals surface area contributed by atoms with Crippen molar-refractivity contribution in [2.45, 2.75) is 19.9 Å². The van der Waals surface area contributed by atoms with Crippen LogP contribution in [0.1, 0.15) is 24.5 Å². The zero-order valence-electron chi connectivity index (χ0n) is 14.4. The number of nitrogens with one attached hydrogen (secondary N) is 1. The normalized spacial score (nSPS) is 10.7. The van der Waals surface area contributed by atoms with Gasteiger partial charge in [0.1, 0.15) is 5.75 Å². The Morgan fingerprint density at radius 3 is 2.36 bits per heavy atom. The van der Waals surface area contributed by atoms with Crippen LogP contribution in [0.2, 0.25) is 0 Å². The van der Waals surface area contributed by atoms with Crippen molar-refractivity contribution in [2.75, 3.05) is 7.11 Å². The average Bonchev–Trinajstić information content (AvgIpc) is 3.07. The van der Waals surface area contributed by atoms with Gasteiger partial charge in [-0.3, -0.25) is 4.79 Å². The van der Waals surface area contributed by atoms with Gasteiger partial charge in [-0.2, -0.15) is 0 Å². The number of aromatic nitrogens is 3. The number of carbonyl (C=O) groups is 1. The molecule has 0 bridgehead atoms. The molecular weight excluding hydrogens is 316 g/mol. The molecule has 1 amide bonds. The Kier molecular flexibility index (Phi) is 4.79. The number of hydrogen-bond acceptors (Lipinski definition) is 4. The Balaban J connectivity index is 2.08. The molecule has 0 aliphatic carbocycles. The van der Waals surface area contributed by atoms with E-state index in [1.807, 2.05) is 68.4 Å². The fraction of sp³-hybridized carbons (Fsp3) is 0.211. The molecular formula is C19H20N4O2. The maximum Gasteiger partial charge on any atom is 0.291 e. The molecule has 2 aromatic carbocycles. The average molecular weight is 336 g/mol. The lowest BCUT2D eigenvalue weighted by atomic mass is 10.2. The highest BCUT2D eigenvalue weighted by Gasteiger charge is 2.19. The minimum absolute atomic E-state index is 0.0145. The van der Waals surface area contributed by atoms with Gasteiger partial charge in [-0.1, -0.05) is 18.2 Å². The van der Waals surface area contributed by atoms with E-state index in [0.717, 1.165) is 17.0 Å². The van der Waals surface area contributed by atoms with Gasteiger partial charge in [-0.15, -0.1) is 5.10 Å². The van der Waals surface area contributed by atoms with Crippen LogP contribution in [0.4, 0.5) is 0 Å². The van der Waals surface area contributed by atoms with Crippen LogP contribution < -0.4 is 10.1 Å². The van der Waals surface area contributed by atoms with Gasteiger partial charge in [-0.05, 0) is 50.2 Å². The highest BCUT2D eigenvalue weighted by atomic mass is 16.5. The molecule has 3 aromatic rings. The standard InChI is InChI=1S/C19H20N4O2/c1-13(2)20-19(24)17-21-18(14-9-11-16(25-3)12-10-14)23(22-17)15-7-5-4-6-8-15/h4-13H,1-3H3,(H,20,24). The molecule has 6 nitrogen and oxygen atoms in total. The third-order valence-corrected chi connectivity index (χ3v) is 3.58. The summed E-state index contributed by atoms with van der Waals surface area (Å²) in [6.07, 6.45) is 0. The summed E-state index contributed by atoms with van der Waals surface area (Å²) in [7, 11) is 1.62. The highest BCUT2D eigenvalue weighted by Crippen LogP contribution is 2.23. The van der Waals surface area contributed by atoms with Crippen molar-refractivity contribution in [2.24, 2.45) is 0 Å². The zero-order valence-corrected chi connectivity index (χ0v) is 14.4. The van der Waals surface area contributed by atoms with E-state index in [0.29, 0.717) is 5.82 Å². The molecule has 0 atom stereocenters. The number of ether oxygens (including phenoxy) is 1. The monoisotopic (exact) mass is 336 g/mol. The Hall–Kier alpha value is -3.15. The zero-order chi connectivity index (χ0) is 17.8. The van der Waals surface area contributed by atoms with Gasteiger partial charge in [0.25, 0.3) is 5.91 Å². The molecule has 0 spiro atoms. The molecule has 128 valence electrons. The van der Waals surface area contributed by atoms with Crippen molar-refractivity contribution in [3.8, 4) is 22.8 Å². The summed E-state index contributed by atoms with van der Waals surface area (Å²) in [6.45, 7) is 3.80. The first-order chi connectivity index (χ1) is 12.1. The van der Waals surface area contributed by atoms with Crippen LogP contribution in [-0.2, 0) is 0 Å². The lowest BCUT2D eigenvalue weighted by Crippen LogP contribution is -2.31. The summed E-state index contributed by atoms with van der Waals surface area (Å²) in [5, 5.41) is 7.24. The van der Waals surface area contributed by atoms with Crippen molar-refractivity contribution in [1.29, 1.82) is 0 Å². The fourth-order valence-electron chi connectivity index (χ4n) is 2.41. The second-order valence-electron chi connectivity index (χ2n) is 5.86. The quantitative estimate of drug-likeness (QED) is 0.777. The largest absolute Gasteiger partial charge is 0.497 e. The van der Waals surface area contributed by atoms with Gasteiger partial charge in [0.05, 0.1) is 12.8 Å². The van der Waals surface area contributed by atoms with E-state index in [-0.39, 0.29) is 17.8 Å². The van der Waals surface area contributed by atoms with Gasteiger partial charge in [0.15, 0.2) is 5.82 Å². The second kappa shape index (κ2) is 7.17. The van der Waals surface area contributed by atoms with Crippen molar-refractivity contribution in [3.05, 3.63) is 60.4 Å². The summed E-state index contributed by atoms with van der Waals surface area (Å²) in [5.41, 5.74) is 1.69. The van der Waals surface area contributed by atoms with Crippen LogP contribution >= 0.6 is 0 Å². The summed E-state index contributed by atoms with van der Waals surface area (Å²) in [6, 6.07) is 17.1. The topological polar surface area (TPSA) is 69.0 Å². The molecule has 1 heterocycles. The molecule has 3 rings (SSSR count). The number of nitrogens with zero attached hydrogens (tertiary/aromatic N) is 3. The van der Waals surface area contributed by atoms with Gasteiger partial charge in [-0.25, -0.2) is 9.67 Å². The SMILES string of the molecule is COc1ccc(-c2nc(C(=O)NC(C)C)nn2-c2ccccc2)cc1. The van der Waals surface area contributed by atoms with Crippen LogP contribution in [0.5, 0.6) is 5.75 Å². The summed E-state index contributed by atoms with van der Waals surface area (Å²) >= 11 is 0. The Labute approximate surface area is 146 Å². The van der Waals surface area contributed by atoms with Gasteiger partial charge in [0, 0.05) is 11.6 Å². The summed E-state index contributed by atoms with van der Waals surface area (Å²) in [5.74, 6) is 1.21. The smallest absolute Gasteiger partial charge is 0.291 e. The van der Waals surface area contributed by atoms with Gasteiger partial charge >= 0.3 is 0 Å². The van der Waals surface area contributed by atoms with Crippen LogP contribution in [0.3, 0.4) is 0 Å². The third kappa shape index (κ3) is 3.68. The van der Waals surface area contributed by atoms with Crippen LogP contribution in [0.25, 0.3) is 17.1 Å². The van der Waals surface area contributed by atoms with Crippen molar-refractivity contribution >= 4 is 5.91 Å². The molecule has 25 heavy (non-hydrogen) atoms. The lowest BCUT2D eigenvalue weighted by Gasteiger charge is -2.06. The second-order valence-corrected chi connectivity index (χ2v) is 5.86. The molecule has 6 heteroatoms. The first-order valence-corrected chi connectivity index (χ1v) is 8.06. The highest BCUT2D eigenvalue weighted by molar-refractivity contribution is 5.91. The fourth-order valence-corrected chi connectivity index (χ4v) is 2.41. The number of carbonyl (C=O) groups excluding carboxylic acids is 1. The molecule has 1 aromatic heterocycles. The Morgan fingerprint density at radius 1 is 1.08 bits per heavy atom. The lowest BCUT2D eigenvalue weighted by molar-refractivity contribution is 0.0932. The van der Waals surface area contributed by atoms with E-state index >= 15 is 0 Å². The molecule has 0 fully saturated rings. The van der Waals surface area contributed by atoms with E-state index in [1.165, 1.54) is 0 Å². The van der Waals surface area contributed by atoms with Crippen molar-refractivity contribution < 1.29 is 9.53 Å². The predicted octanol–water partition coefficient (Wildman–Crippen LogP) is 3.08. The van der Waals surface area contributed by atoms with E-state index in [9.17, 15) is 4.79 Å². The van der Waals surface area contributed by atoms with E-state index in [2.05, 4.69) is 15.4 Å². The Morgan fingerprint density at radius 2 is 1.76 bits per heavy atom. The Bertz CT molecular complexity index is 855. The molecule has 0 saturated heterocycles. The number of hydrogen-bond donors (Lipinski definition) is 1. The molecule has 0 aliphatic heterocycles. The molecule has 0 aliphatic rings. The van der Waals surface area contributed by atoms with Gasteiger partial charge < -0.3 is 10.1 Å². The molecule has 1 N–H and O–H groups in total. The maximum absolute atomic E-state index is 12.3. The number of benzene rings is 2. The van der Waals surface area contributed by atoms with Crippen LogP contribution in [0.15, 0.2) is 54.6 Å². The molecule has 0 radical (unpaired) electrons. The van der Waals surface area contributed by atoms with E-state index in [1.54, 1.807) is 11.8 Å². The maximum atomic E-state index is 12.3. The number of para-hydroxylation sites is 1. The third-order valence-electron chi connectivity index (χ3n) is 3.58. The predicted molar refractivity (Wildman–Crippen MR) is 95.9 cm³/mol. The van der Waals surface area contributed by atoms with E-state index in [4.69, 9.17) is 4.74 Å². The van der Waals surface area contributed by atoms with Crippen molar-refractivity contribution in [3.63, 3.8) is 0 Å². The van der Waals surface area contributed by atoms with Crippen molar-refractivity contribution in [1.82, 2.24) is 20.1 Å². The number of methoxy groups -OCH3 is 1. The minimum atomic E-state index is -0.292. The first-order valence-electron chi connectivity index (χ1n) is 8.06. The number of amides is 1. The van der Waals surface area contributed by atoms with Crippen LogP contribution in [-0.4, -0.2) is 33.8 Å². The van der Waals surface area contributed by atoms with Gasteiger partial charge in [0.2, 0.25) is 5.82 Å². The number of rotatable bonds is 5. The summed E-state index contributed by atoms with van der Waals surface area (Å²) in [4.78, 5) is 16.8. The molecule has 0 unspecified atom stereocenters. The summed E-state index contributed by atoms with van der Waals surface area (Å²) < 4.78 is 6.88. The van der Waals surface area contributed by atoms with Crippen LogP contribution in [0, 0.1) is 0 Å². The molecule has 0 saturated carbocycles.